The highest BCUT2D eigenvalue weighted by atomic mass is 35.5. The topological polar surface area (TPSA) is 455 Å². The van der Waals surface area contributed by atoms with Crippen LogP contribution in [-0.2, 0) is 83.2 Å². The Kier molecular flexibility index (Phi) is 32.4. The fraction of sp³-hybridized carbons (Fsp3) is 0.452. The van der Waals surface area contributed by atoms with Crippen LogP contribution in [0.25, 0.3) is 10.8 Å². The number of aliphatic hydroxyl groups excluding tert-OH is 1. The fourth-order valence-electron chi connectivity index (χ4n) is 11.7. The number of amides is 14. The zero-order chi connectivity index (χ0) is 76.2. The second kappa shape index (κ2) is 40.9. The van der Waals surface area contributed by atoms with E-state index >= 15 is 0 Å². The Labute approximate surface area is 609 Å². The molecule has 6 rings (SSSR count). The SMILES string of the molecule is CC(=O)Nc1ccc(C[C@@H](NC(=O)[C@H](CNC(N)=O)NC(=O)[C@H](CO)NC(=O)[C@@H](Cc2cccnc2)NC(=O)[C@@H](Cc2ccc(Cl)cc2)NC(=O)[C@@H](Cc2ccc3ccccc3c2)NC(C)=O)C(=O)N[C@@H](CC(C)C)C(=O)N[C@@H](CCCCNC(C)C)C(=O)N2CCC[C@H]2C(=O)N[C@H](C)C(N)=O)cc1. The van der Waals surface area contributed by atoms with E-state index in [2.05, 4.69) is 68.8 Å². The van der Waals surface area contributed by atoms with Crippen molar-refractivity contribution in [1.29, 1.82) is 0 Å². The molecule has 2 heterocycles. The van der Waals surface area contributed by atoms with E-state index in [1.807, 2.05) is 56.3 Å². The molecule has 0 unspecified atom stereocenters. The molecule has 30 nitrogen and oxygen atoms in total. The van der Waals surface area contributed by atoms with E-state index in [9.17, 15) is 67.4 Å². The number of nitrogens with zero attached hydrogens (tertiary/aromatic N) is 2. The first kappa shape index (κ1) is 82.4. The maximum atomic E-state index is 14.9. The molecule has 31 heteroatoms. The van der Waals surface area contributed by atoms with Crippen LogP contribution in [0.4, 0.5) is 10.5 Å². The lowest BCUT2D eigenvalue weighted by atomic mass is 9.99. The van der Waals surface area contributed by atoms with Gasteiger partial charge in [-0.15, -0.1) is 0 Å². The van der Waals surface area contributed by atoms with Gasteiger partial charge in [0.05, 0.1) is 6.61 Å². The van der Waals surface area contributed by atoms with Crippen molar-refractivity contribution >= 4 is 105 Å². The Morgan fingerprint density at radius 2 is 1.06 bits per heavy atom. The smallest absolute Gasteiger partial charge is 0.312 e. The summed E-state index contributed by atoms with van der Waals surface area (Å²) in [6.07, 6.45) is 4.07. The minimum atomic E-state index is -1.90. The van der Waals surface area contributed by atoms with Crippen molar-refractivity contribution in [3.8, 4) is 0 Å². The van der Waals surface area contributed by atoms with Crippen molar-refractivity contribution in [2.75, 3.05) is 31.6 Å². The number of primary amides is 2. The van der Waals surface area contributed by atoms with Crippen molar-refractivity contribution in [3.63, 3.8) is 0 Å². The summed E-state index contributed by atoms with van der Waals surface area (Å²) in [5.74, 6) is -9.87. The molecule has 17 N–H and O–H groups in total. The van der Waals surface area contributed by atoms with Crippen LogP contribution in [0.2, 0.25) is 5.02 Å². The van der Waals surface area contributed by atoms with Crippen molar-refractivity contribution in [2.24, 2.45) is 17.4 Å². The number of unbranched alkanes of at least 4 members (excludes halogenated alkanes) is 1. The molecular weight excluding hydrogens is 1360 g/mol. The van der Waals surface area contributed by atoms with Crippen LogP contribution in [0.3, 0.4) is 0 Å². The summed E-state index contributed by atoms with van der Waals surface area (Å²) < 4.78 is 0. The van der Waals surface area contributed by atoms with Gasteiger partial charge in [0, 0.05) is 81.8 Å². The van der Waals surface area contributed by atoms with Gasteiger partial charge in [-0.2, -0.15) is 0 Å². The first-order valence-electron chi connectivity index (χ1n) is 34.6. The average Bonchev–Trinajstić information content (AvgIpc) is 1.77. The summed E-state index contributed by atoms with van der Waals surface area (Å²) >= 11 is 6.22. The molecule has 1 saturated heterocycles. The van der Waals surface area contributed by atoms with Crippen LogP contribution in [0.5, 0.6) is 0 Å². The highest BCUT2D eigenvalue weighted by Crippen LogP contribution is 2.23. The Balaban J connectivity index is 1.26. The monoisotopic (exact) mass is 1460 g/mol. The number of halogens is 1. The average molecular weight is 1460 g/mol. The molecule has 5 aromatic rings. The van der Waals surface area contributed by atoms with Crippen molar-refractivity contribution in [1.82, 2.24) is 68.4 Å². The van der Waals surface area contributed by atoms with Gasteiger partial charge in [-0.25, -0.2) is 4.79 Å². The number of carbonyl (C=O) groups excluding carboxylic acids is 13. The van der Waals surface area contributed by atoms with Gasteiger partial charge in [-0.05, 0) is 121 Å². The highest BCUT2D eigenvalue weighted by molar-refractivity contribution is 6.30. The van der Waals surface area contributed by atoms with Crippen LogP contribution in [0, 0.1) is 5.92 Å². The molecule has 0 bridgehead atoms. The van der Waals surface area contributed by atoms with Crippen LogP contribution < -0.4 is 75.3 Å². The third-order valence-corrected chi connectivity index (χ3v) is 17.3. The molecule has 14 amide bonds. The molecule has 1 aliphatic heterocycles. The van der Waals surface area contributed by atoms with E-state index in [0.29, 0.717) is 58.8 Å². The van der Waals surface area contributed by atoms with Gasteiger partial charge >= 0.3 is 6.03 Å². The number of aromatic nitrogens is 1. The number of carbonyl (C=O) groups is 13. The molecule has 0 spiro atoms. The first-order chi connectivity index (χ1) is 49.5. The summed E-state index contributed by atoms with van der Waals surface area (Å²) in [7, 11) is 0. The summed E-state index contributed by atoms with van der Waals surface area (Å²) in [4.78, 5) is 185. The number of pyridine rings is 1. The van der Waals surface area contributed by atoms with Crippen molar-refractivity contribution in [3.05, 3.63) is 143 Å². The van der Waals surface area contributed by atoms with Gasteiger partial charge in [-0.3, -0.25) is 62.5 Å². The van der Waals surface area contributed by atoms with E-state index in [-0.39, 0.29) is 69.4 Å². The lowest BCUT2D eigenvalue weighted by Crippen LogP contribution is -2.63. The van der Waals surface area contributed by atoms with Crippen molar-refractivity contribution in [2.45, 2.75) is 179 Å². The first-order valence-corrected chi connectivity index (χ1v) is 35.0. The molecule has 0 saturated carbocycles. The third kappa shape index (κ3) is 27.0. The van der Waals surface area contributed by atoms with Gasteiger partial charge in [-0.1, -0.05) is 112 Å². The molecule has 4 aromatic carbocycles. The molecule has 560 valence electrons. The molecule has 1 aliphatic rings. The van der Waals surface area contributed by atoms with E-state index in [0.717, 1.165) is 10.8 Å². The minimum absolute atomic E-state index is 0.000885. The number of urea groups is 1. The highest BCUT2D eigenvalue weighted by Gasteiger charge is 2.40. The van der Waals surface area contributed by atoms with E-state index in [1.54, 1.807) is 74.5 Å². The number of likely N-dealkylation sites (tertiary alicyclic amines) is 1. The number of benzene rings is 4. The quantitative estimate of drug-likeness (QED) is 0.0243. The Bertz CT molecular complexity index is 3810. The summed E-state index contributed by atoms with van der Waals surface area (Å²) in [6.45, 7) is 10.4. The zero-order valence-corrected chi connectivity index (χ0v) is 60.2. The number of hydrogen-bond donors (Lipinski definition) is 15. The number of aliphatic hydroxyl groups is 1. The number of nitrogens with one attached hydrogen (secondary N) is 12. The fourth-order valence-corrected chi connectivity index (χ4v) is 11.8. The Morgan fingerprint density at radius 3 is 1.61 bits per heavy atom. The normalized spacial score (nSPS) is 15.2. The lowest BCUT2D eigenvalue weighted by Gasteiger charge is -2.31. The molecule has 1 fully saturated rings. The second-order valence-corrected chi connectivity index (χ2v) is 27.0. The second-order valence-electron chi connectivity index (χ2n) is 26.5. The van der Waals surface area contributed by atoms with Gasteiger partial charge in [0.15, 0.2) is 0 Å². The molecule has 104 heavy (non-hydrogen) atoms. The maximum absolute atomic E-state index is 14.9. The summed E-state index contributed by atoms with van der Waals surface area (Å²) in [6, 6.07) is 13.8. The van der Waals surface area contributed by atoms with Crippen LogP contribution in [-0.4, -0.2) is 185 Å². The number of hydrogen-bond acceptors (Lipinski definition) is 16. The molecule has 0 aliphatic carbocycles. The van der Waals surface area contributed by atoms with Crippen LogP contribution in [0.15, 0.2) is 116 Å². The minimum Gasteiger partial charge on any atom is -0.394 e. The maximum Gasteiger partial charge on any atom is 0.312 e. The van der Waals surface area contributed by atoms with Gasteiger partial charge < -0.3 is 85.3 Å². The van der Waals surface area contributed by atoms with Crippen molar-refractivity contribution < 1.29 is 67.4 Å². The number of nitrogens with two attached hydrogens (primary N) is 2. The number of rotatable bonds is 39. The van der Waals surface area contributed by atoms with E-state index < -0.39 is 145 Å². The zero-order valence-electron chi connectivity index (χ0n) is 59.5. The standard InChI is InChI=1S/C73H97ClN16O14/c1-41(2)32-55(64(95)83-54(17-10-11-30-78-42(3)4)72(103)90-31-13-18-62(90)71(102)80-43(5)63(75)94)84-66(97)58(35-47-22-27-53(28-23-47)81-44(6)92)87-69(100)60(39-79-73(76)104)88-70(101)61(40-91)89-68(99)59(37-49-14-12-29-77-38-49)86-67(98)57(34-46-20-25-52(74)26-21-46)85-65(96)56(82-45(7)93)36-48-19-24-50-15-8-9-16-51(50)33-48/h8-9,12,14-16,19-29,33,38,41-43,54-62,78,91H,10-11,13,17-18,30-32,34-37,39-40H2,1-7H3,(H2,75,94)(H,80,102)(H,81,92)(H,82,93)(H,83,95)(H,84,97)(H,85,96)(H,86,98)(H,87,100)(H,88,101)(H,89,99)(H3,76,79,104)/t43-,54+,55+,56-,57-,58-,59-,60+,61+,62+/m1/s1. The van der Waals surface area contributed by atoms with Crippen LogP contribution in [0.1, 0.15) is 109 Å². The number of anilines is 1. The Hall–Kier alpha value is -10.6. The molecular formula is C73H97ClN16O14. The van der Waals surface area contributed by atoms with Gasteiger partial charge in [0.2, 0.25) is 70.9 Å². The van der Waals surface area contributed by atoms with E-state index in [1.165, 1.54) is 38.1 Å². The van der Waals surface area contributed by atoms with Crippen LogP contribution >= 0.6 is 11.6 Å². The van der Waals surface area contributed by atoms with Gasteiger partial charge in [0.25, 0.3) is 0 Å². The molecule has 0 radical (unpaired) electrons. The molecule has 10 atom stereocenters. The lowest BCUT2D eigenvalue weighted by molar-refractivity contribution is -0.142. The van der Waals surface area contributed by atoms with Gasteiger partial charge in [0.1, 0.15) is 60.4 Å². The summed E-state index contributed by atoms with van der Waals surface area (Å²) in [5, 5.41) is 45.0. The third-order valence-electron chi connectivity index (χ3n) is 17.1. The van der Waals surface area contributed by atoms with E-state index in [4.69, 9.17) is 23.1 Å². The number of fused-ring (bicyclic) bond motifs is 1. The predicted octanol–water partition coefficient (Wildman–Crippen LogP) is 0.872. The summed E-state index contributed by atoms with van der Waals surface area (Å²) in [5.41, 5.74) is 13.3. The molecule has 1 aromatic heterocycles. The predicted molar refractivity (Wildman–Crippen MR) is 389 cm³/mol. The largest absolute Gasteiger partial charge is 0.394 e. The Morgan fingerprint density at radius 1 is 0.548 bits per heavy atom.